The van der Waals surface area contributed by atoms with Gasteiger partial charge in [-0.25, -0.2) is 13.9 Å². The number of ether oxygens (including phenoxy) is 2. The van der Waals surface area contributed by atoms with Crippen molar-refractivity contribution in [3.8, 4) is 5.88 Å². The molecule has 2 aromatic carbocycles. The van der Waals surface area contributed by atoms with Crippen LogP contribution in [0.3, 0.4) is 0 Å². The fraction of sp³-hybridized carbons (Fsp3) is 0.370. The van der Waals surface area contributed by atoms with Gasteiger partial charge in [0, 0.05) is 11.6 Å². The number of nitrogens with one attached hydrogen (secondary N) is 1. The van der Waals surface area contributed by atoms with Crippen LogP contribution in [0.25, 0.3) is 0 Å². The highest BCUT2D eigenvalue weighted by molar-refractivity contribution is 5.85. The average molecular weight is 550 g/mol. The van der Waals surface area contributed by atoms with Crippen molar-refractivity contribution < 1.29 is 41.7 Å². The Hall–Kier alpha value is -3.93. The lowest BCUT2D eigenvalue weighted by atomic mass is 9.92. The first-order chi connectivity index (χ1) is 18.6. The molecule has 0 spiro atoms. The van der Waals surface area contributed by atoms with E-state index in [-0.39, 0.29) is 18.0 Å². The second-order valence-corrected chi connectivity index (χ2v) is 9.21. The van der Waals surface area contributed by atoms with Crippen LogP contribution in [0.1, 0.15) is 52.9 Å². The molecule has 12 heteroatoms. The minimum absolute atomic E-state index is 0.223. The molecule has 1 heterocycles. The lowest BCUT2D eigenvalue weighted by Crippen LogP contribution is -2.47. The number of carbonyl (C=O) groups is 2. The quantitative estimate of drug-likeness (QED) is 0.347. The topological polar surface area (TPSA) is 103 Å². The summed E-state index contributed by atoms with van der Waals surface area (Å²) in [5.74, 6) is -3.05. The fourth-order valence-electron chi connectivity index (χ4n) is 4.47. The largest absolute Gasteiger partial charge is 0.476 e. The number of alkyl halides is 3. The van der Waals surface area contributed by atoms with E-state index < -0.39 is 53.8 Å². The van der Waals surface area contributed by atoms with Crippen molar-refractivity contribution >= 4 is 11.9 Å². The monoisotopic (exact) mass is 549 g/mol. The number of halogens is 4. The summed E-state index contributed by atoms with van der Waals surface area (Å²) >= 11 is 0. The van der Waals surface area contributed by atoms with Crippen molar-refractivity contribution in [2.24, 2.45) is 0 Å². The molecule has 208 valence electrons. The number of aromatic nitrogens is 2. The zero-order chi connectivity index (χ0) is 28.0. The normalized spacial score (nSPS) is 17.5. The number of carboxylic acids is 1. The number of benzene rings is 2. The molecule has 0 aliphatic heterocycles. The van der Waals surface area contributed by atoms with Gasteiger partial charge in [0.2, 0.25) is 11.8 Å². The third-order valence-electron chi connectivity index (χ3n) is 6.36. The third-order valence-corrected chi connectivity index (χ3v) is 6.36. The zero-order valence-corrected chi connectivity index (χ0v) is 20.8. The summed E-state index contributed by atoms with van der Waals surface area (Å²) in [7, 11) is 0. The number of amides is 1. The van der Waals surface area contributed by atoms with Crippen LogP contribution in [-0.4, -0.2) is 38.9 Å². The van der Waals surface area contributed by atoms with Crippen molar-refractivity contribution in [2.45, 2.75) is 63.8 Å². The summed E-state index contributed by atoms with van der Waals surface area (Å²) in [5, 5.41) is 16.1. The molecule has 3 aromatic rings. The Kier molecular flexibility index (Phi) is 8.85. The van der Waals surface area contributed by atoms with Crippen molar-refractivity contribution in [2.75, 3.05) is 0 Å². The highest BCUT2D eigenvalue weighted by Gasteiger charge is 2.34. The van der Waals surface area contributed by atoms with E-state index in [2.05, 4.69) is 10.4 Å². The van der Waals surface area contributed by atoms with E-state index in [9.17, 15) is 32.3 Å². The van der Waals surface area contributed by atoms with Gasteiger partial charge in [0.25, 0.3) is 0 Å². The van der Waals surface area contributed by atoms with E-state index in [1.165, 1.54) is 0 Å². The standard InChI is InChI=1S/C27H27F4N3O5/c28-19-10-11-20(27(29,30)31)18(12-19)16-39-25-13-22(26(36)37)33-34(25)14-24(35)32-21-8-4-5-9-23(21)38-15-17-6-2-1-3-7-17/h1-3,6-7,10-13,21,23H,4-5,8-9,14-16H2,(H,32,35)(H,36,37)/t21-,23-/m0/s1. The maximum atomic E-state index is 13.6. The number of hydrogen-bond donors (Lipinski definition) is 2. The highest BCUT2D eigenvalue weighted by Crippen LogP contribution is 2.33. The van der Waals surface area contributed by atoms with Crippen molar-refractivity contribution in [1.29, 1.82) is 0 Å². The van der Waals surface area contributed by atoms with E-state index >= 15 is 0 Å². The zero-order valence-electron chi connectivity index (χ0n) is 20.8. The molecule has 0 bridgehead atoms. The third kappa shape index (κ3) is 7.56. The number of hydrogen-bond acceptors (Lipinski definition) is 5. The minimum atomic E-state index is -4.75. The Labute approximate surface area is 221 Å². The second kappa shape index (κ2) is 12.3. The van der Waals surface area contributed by atoms with E-state index in [0.29, 0.717) is 31.2 Å². The van der Waals surface area contributed by atoms with E-state index in [1.54, 1.807) is 0 Å². The van der Waals surface area contributed by atoms with Gasteiger partial charge in [0.1, 0.15) is 19.0 Å². The lowest BCUT2D eigenvalue weighted by molar-refractivity contribution is -0.138. The maximum Gasteiger partial charge on any atom is 0.416 e. The SMILES string of the molecule is O=C(Cn1nc(C(=O)O)cc1OCc1cc(F)ccc1C(F)(F)F)N[C@H]1CCCC[C@@H]1OCc1ccccc1. The average Bonchev–Trinajstić information content (AvgIpc) is 3.29. The van der Waals surface area contributed by atoms with Crippen molar-refractivity contribution in [3.05, 3.63) is 82.8 Å². The Bertz CT molecular complexity index is 1300. The molecule has 2 atom stereocenters. The molecule has 39 heavy (non-hydrogen) atoms. The van der Waals surface area contributed by atoms with Crippen LogP contribution in [0, 0.1) is 5.82 Å². The molecule has 4 rings (SSSR count). The predicted molar refractivity (Wildman–Crippen MR) is 130 cm³/mol. The number of carbonyl (C=O) groups excluding carboxylic acids is 1. The van der Waals surface area contributed by atoms with E-state index in [1.807, 2.05) is 30.3 Å². The highest BCUT2D eigenvalue weighted by atomic mass is 19.4. The van der Waals surface area contributed by atoms with E-state index in [4.69, 9.17) is 9.47 Å². The van der Waals surface area contributed by atoms with Crippen LogP contribution in [0.15, 0.2) is 54.6 Å². The fourth-order valence-corrected chi connectivity index (χ4v) is 4.47. The number of aromatic carboxylic acids is 1. The molecule has 2 N–H and O–H groups in total. The van der Waals surface area contributed by atoms with Gasteiger partial charge in [0.05, 0.1) is 24.3 Å². The predicted octanol–water partition coefficient (Wildman–Crippen LogP) is 4.96. The molecule has 1 aliphatic rings. The molecule has 1 aliphatic carbocycles. The molecule has 1 amide bonds. The van der Waals surface area contributed by atoms with Crippen LogP contribution < -0.4 is 10.1 Å². The summed E-state index contributed by atoms with van der Waals surface area (Å²) in [6.45, 7) is -0.784. The van der Waals surface area contributed by atoms with Gasteiger partial charge in [-0.05, 0) is 36.6 Å². The molecule has 0 radical (unpaired) electrons. The number of carboxylic acid groups (broad SMARTS) is 1. The molecule has 1 aromatic heterocycles. The molecule has 1 fully saturated rings. The molecular formula is C27H27F4N3O5. The molecule has 0 unspecified atom stereocenters. The van der Waals surface area contributed by atoms with Crippen LogP contribution in [0.2, 0.25) is 0 Å². The Morgan fingerprint density at radius 1 is 1.05 bits per heavy atom. The summed E-state index contributed by atoms with van der Waals surface area (Å²) in [4.78, 5) is 24.4. The van der Waals surface area contributed by atoms with Crippen LogP contribution in [0.5, 0.6) is 5.88 Å². The summed E-state index contributed by atoms with van der Waals surface area (Å²) in [5.41, 5.74) is -1.04. The molecule has 8 nitrogen and oxygen atoms in total. The first kappa shape index (κ1) is 28.1. The second-order valence-electron chi connectivity index (χ2n) is 9.21. The van der Waals surface area contributed by atoms with Crippen LogP contribution in [0.4, 0.5) is 17.6 Å². The Morgan fingerprint density at radius 2 is 1.79 bits per heavy atom. The Morgan fingerprint density at radius 3 is 2.51 bits per heavy atom. The first-order valence-electron chi connectivity index (χ1n) is 12.3. The minimum Gasteiger partial charge on any atom is -0.476 e. The van der Waals surface area contributed by atoms with Gasteiger partial charge in [-0.3, -0.25) is 4.79 Å². The number of nitrogens with zero attached hydrogens (tertiary/aromatic N) is 2. The molecule has 0 saturated heterocycles. The van der Waals surface area contributed by atoms with Gasteiger partial charge in [-0.1, -0.05) is 43.2 Å². The van der Waals surface area contributed by atoms with Crippen LogP contribution in [-0.2, 0) is 35.5 Å². The smallest absolute Gasteiger partial charge is 0.416 e. The van der Waals surface area contributed by atoms with Gasteiger partial charge in [0.15, 0.2) is 5.69 Å². The van der Waals surface area contributed by atoms with Crippen LogP contribution >= 0.6 is 0 Å². The molecule has 1 saturated carbocycles. The lowest BCUT2D eigenvalue weighted by Gasteiger charge is -2.32. The first-order valence-corrected chi connectivity index (χ1v) is 12.3. The van der Waals surface area contributed by atoms with Crippen molar-refractivity contribution in [1.82, 2.24) is 15.1 Å². The summed E-state index contributed by atoms with van der Waals surface area (Å²) in [6.07, 6.45) is -1.69. The summed E-state index contributed by atoms with van der Waals surface area (Å²) < 4.78 is 66.1. The Balaban J connectivity index is 1.44. The van der Waals surface area contributed by atoms with Gasteiger partial charge in [-0.2, -0.15) is 18.3 Å². The van der Waals surface area contributed by atoms with Gasteiger partial charge >= 0.3 is 12.1 Å². The van der Waals surface area contributed by atoms with Gasteiger partial charge in [-0.15, -0.1) is 0 Å². The number of rotatable bonds is 10. The van der Waals surface area contributed by atoms with Crippen molar-refractivity contribution in [3.63, 3.8) is 0 Å². The van der Waals surface area contributed by atoms with Gasteiger partial charge < -0.3 is 19.9 Å². The molecular weight excluding hydrogens is 522 g/mol. The maximum absolute atomic E-state index is 13.6. The summed E-state index contributed by atoms with van der Waals surface area (Å²) in [6, 6.07) is 12.3. The van der Waals surface area contributed by atoms with E-state index in [0.717, 1.165) is 35.6 Å².